The summed E-state index contributed by atoms with van der Waals surface area (Å²) >= 11 is 0. The largest absolute Gasteiger partial charge is 0.367 e. The standard InChI is InChI=1S/C17H25N5O2/c1-12(2)16-18-17(20-19-16)14-11-22(8-9-24-14)15(23)10-13(3)21-6-4-5-7-21/h4-7,12-14H,8-11H2,1-3H3,(H,18,19,20)/t13-,14+/m1/s1. The van der Waals surface area contributed by atoms with Gasteiger partial charge in [-0.1, -0.05) is 13.8 Å². The smallest absolute Gasteiger partial charge is 0.224 e. The molecular formula is C17H25N5O2. The number of hydrogen-bond donors (Lipinski definition) is 1. The quantitative estimate of drug-likeness (QED) is 0.912. The number of H-pyrrole nitrogens is 1. The molecule has 2 aromatic rings. The summed E-state index contributed by atoms with van der Waals surface area (Å²) in [6.07, 6.45) is 4.23. The molecule has 3 rings (SSSR count). The van der Waals surface area contributed by atoms with Crippen LogP contribution in [0.3, 0.4) is 0 Å². The first-order chi connectivity index (χ1) is 11.5. The van der Waals surface area contributed by atoms with Crippen molar-refractivity contribution >= 4 is 5.91 Å². The zero-order valence-electron chi connectivity index (χ0n) is 14.5. The molecule has 0 radical (unpaired) electrons. The molecule has 1 fully saturated rings. The maximum Gasteiger partial charge on any atom is 0.224 e. The highest BCUT2D eigenvalue weighted by Gasteiger charge is 2.28. The van der Waals surface area contributed by atoms with Gasteiger partial charge in [0.25, 0.3) is 0 Å². The fourth-order valence-corrected chi connectivity index (χ4v) is 2.86. The number of nitrogens with zero attached hydrogens (tertiary/aromatic N) is 4. The van der Waals surface area contributed by atoms with Gasteiger partial charge in [-0.2, -0.15) is 5.10 Å². The van der Waals surface area contributed by atoms with E-state index in [9.17, 15) is 4.79 Å². The first-order valence-corrected chi connectivity index (χ1v) is 8.48. The minimum Gasteiger partial charge on any atom is -0.367 e. The van der Waals surface area contributed by atoms with Gasteiger partial charge in [0.2, 0.25) is 5.91 Å². The number of ether oxygens (including phenoxy) is 1. The van der Waals surface area contributed by atoms with Crippen LogP contribution >= 0.6 is 0 Å². The summed E-state index contributed by atoms with van der Waals surface area (Å²) in [4.78, 5) is 19.0. The summed E-state index contributed by atoms with van der Waals surface area (Å²) in [6, 6.07) is 4.09. The molecule has 0 bridgehead atoms. The molecule has 7 heteroatoms. The Bertz CT molecular complexity index is 664. The summed E-state index contributed by atoms with van der Waals surface area (Å²) in [5.74, 6) is 1.89. The van der Waals surface area contributed by atoms with Crippen molar-refractivity contribution in [1.29, 1.82) is 0 Å². The van der Waals surface area contributed by atoms with E-state index in [1.165, 1.54) is 0 Å². The van der Waals surface area contributed by atoms with Crippen LogP contribution in [-0.2, 0) is 9.53 Å². The number of nitrogens with one attached hydrogen (secondary N) is 1. The fourth-order valence-electron chi connectivity index (χ4n) is 2.86. The minimum absolute atomic E-state index is 0.145. The van der Waals surface area contributed by atoms with Gasteiger partial charge in [0.05, 0.1) is 13.2 Å². The first-order valence-electron chi connectivity index (χ1n) is 8.48. The number of morpholine rings is 1. The number of rotatable bonds is 5. The Balaban J connectivity index is 1.61. The Labute approximate surface area is 142 Å². The van der Waals surface area contributed by atoms with E-state index in [2.05, 4.69) is 26.7 Å². The predicted molar refractivity (Wildman–Crippen MR) is 89.5 cm³/mol. The molecule has 7 nitrogen and oxygen atoms in total. The van der Waals surface area contributed by atoms with Crippen LogP contribution in [0.2, 0.25) is 0 Å². The van der Waals surface area contributed by atoms with Crippen LogP contribution in [-0.4, -0.2) is 50.3 Å². The monoisotopic (exact) mass is 331 g/mol. The number of aromatic amines is 1. The molecule has 24 heavy (non-hydrogen) atoms. The molecule has 0 saturated carbocycles. The van der Waals surface area contributed by atoms with Crippen molar-refractivity contribution in [2.45, 2.75) is 45.3 Å². The van der Waals surface area contributed by atoms with Crippen LogP contribution in [0.5, 0.6) is 0 Å². The van der Waals surface area contributed by atoms with Crippen molar-refractivity contribution in [3.63, 3.8) is 0 Å². The average molecular weight is 331 g/mol. The zero-order chi connectivity index (χ0) is 17.1. The van der Waals surface area contributed by atoms with Gasteiger partial charge in [-0.25, -0.2) is 4.98 Å². The van der Waals surface area contributed by atoms with E-state index >= 15 is 0 Å². The van der Waals surface area contributed by atoms with Crippen LogP contribution in [0, 0.1) is 0 Å². The molecule has 0 aromatic carbocycles. The SMILES string of the molecule is CC(C)c1n[nH]c([C@@H]2CN(C(=O)C[C@@H](C)n3cccc3)CCO2)n1. The molecule has 0 spiro atoms. The van der Waals surface area contributed by atoms with E-state index in [0.29, 0.717) is 31.9 Å². The number of carbonyl (C=O) groups is 1. The number of carbonyl (C=O) groups excluding carboxylic acids is 1. The van der Waals surface area contributed by atoms with Crippen molar-refractivity contribution in [2.75, 3.05) is 19.7 Å². The normalized spacial score (nSPS) is 19.7. The van der Waals surface area contributed by atoms with Gasteiger partial charge in [-0.3, -0.25) is 9.89 Å². The van der Waals surface area contributed by atoms with Crippen LogP contribution in [0.25, 0.3) is 0 Å². The molecule has 0 unspecified atom stereocenters. The van der Waals surface area contributed by atoms with Crippen LogP contribution in [0.1, 0.15) is 56.9 Å². The van der Waals surface area contributed by atoms with E-state index in [4.69, 9.17) is 4.74 Å². The van der Waals surface area contributed by atoms with Gasteiger partial charge >= 0.3 is 0 Å². The molecule has 1 aliphatic heterocycles. The van der Waals surface area contributed by atoms with Crippen molar-refractivity contribution in [3.05, 3.63) is 36.2 Å². The fraction of sp³-hybridized carbons (Fsp3) is 0.588. The third-order valence-corrected chi connectivity index (χ3v) is 4.37. The Kier molecular flexibility index (Phi) is 4.99. The lowest BCUT2D eigenvalue weighted by atomic mass is 10.2. The zero-order valence-corrected chi connectivity index (χ0v) is 14.5. The van der Waals surface area contributed by atoms with Gasteiger partial charge in [0, 0.05) is 37.3 Å². The topological polar surface area (TPSA) is 76.0 Å². The van der Waals surface area contributed by atoms with Crippen molar-refractivity contribution < 1.29 is 9.53 Å². The van der Waals surface area contributed by atoms with Gasteiger partial charge in [-0.05, 0) is 19.1 Å². The molecule has 1 amide bonds. The molecule has 2 atom stereocenters. The molecule has 1 saturated heterocycles. The summed E-state index contributed by atoms with van der Waals surface area (Å²) in [5, 5.41) is 7.17. The molecule has 1 aliphatic rings. The van der Waals surface area contributed by atoms with Gasteiger partial charge in [0.15, 0.2) is 11.6 Å². The minimum atomic E-state index is -0.232. The van der Waals surface area contributed by atoms with Crippen molar-refractivity contribution in [1.82, 2.24) is 24.6 Å². The summed E-state index contributed by atoms with van der Waals surface area (Å²) in [6.45, 7) is 7.82. The van der Waals surface area contributed by atoms with Gasteiger partial charge in [0.1, 0.15) is 6.10 Å². The lowest BCUT2D eigenvalue weighted by Crippen LogP contribution is -2.43. The molecule has 2 aromatic heterocycles. The van der Waals surface area contributed by atoms with Crippen molar-refractivity contribution in [3.8, 4) is 0 Å². The Morgan fingerprint density at radius 2 is 2.12 bits per heavy atom. The van der Waals surface area contributed by atoms with Crippen LogP contribution in [0.15, 0.2) is 24.5 Å². The van der Waals surface area contributed by atoms with E-state index in [1.807, 2.05) is 43.3 Å². The van der Waals surface area contributed by atoms with Crippen LogP contribution in [0.4, 0.5) is 0 Å². The highest BCUT2D eigenvalue weighted by Crippen LogP contribution is 2.22. The maximum atomic E-state index is 12.6. The highest BCUT2D eigenvalue weighted by molar-refractivity contribution is 5.76. The second-order valence-electron chi connectivity index (χ2n) is 6.62. The van der Waals surface area contributed by atoms with E-state index in [-0.39, 0.29) is 24.0 Å². The second-order valence-corrected chi connectivity index (χ2v) is 6.62. The molecule has 0 aliphatic carbocycles. The Hall–Kier alpha value is -2.15. The van der Waals surface area contributed by atoms with Gasteiger partial charge < -0.3 is 14.2 Å². The molecule has 130 valence electrons. The lowest BCUT2D eigenvalue weighted by Gasteiger charge is -2.32. The second kappa shape index (κ2) is 7.17. The van der Waals surface area contributed by atoms with Crippen molar-refractivity contribution in [2.24, 2.45) is 0 Å². The average Bonchev–Trinajstić information content (AvgIpc) is 3.26. The predicted octanol–water partition coefficient (Wildman–Crippen LogP) is 2.28. The summed E-state index contributed by atoms with van der Waals surface area (Å²) < 4.78 is 7.84. The number of hydrogen-bond acceptors (Lipinski definition) is 4. The Morgan fingerprint density at radius 1 is 1.38 bits per heavy atom. The summed E-state index contributed by atoms with van der Waals surface area (Å²) in [5.41, 5.74) is 0. The summed E-state index contributed by atoms with van der Waals surface area (Å²) in [7, 11) is 0. The molecular weight excluding hydrogens is 306 g/mol. The lowest BCUT2D eigenvalue weighted by molar-refractivity contribution is -0.140. The van der Waals surface area contributed by atoms with E-state index in [0.717, 1.165) is 5.82 Å². The third kappa shape index (κ3) is 3.67. The first kappa shape index (κ1) is 16.7. The third-order valence-electron chi connectivity index (χ3n) is 4.37. The number of aromatic nitrogens is 4. The number of amides is 1. The van der Waals surface area contributed by atoms with E-state index in [1.54, 1.807) is 0 Å². The Morgan fingerprint density at radius 3 is 2.79 bits per heavy atom. The van der Waals surface area contributed by atoms with Gasteiger partial charge in [-0.15, -0.1) is 0 Å². The molecule has 1 N–H and O–H groups in total. The highest BCUT2D eigenvalue weighted by atomic mass is 16.5. The maximum absolute atomic E-state index is 12.6. The molecule has 3 heterocycles. The van der Waals surface area contributed by atoms with Crippen LogP contribution < -0.4 is 0 Å². The van der Waals surface area contributed by atoms with E-state index < -0.39 is 0 Å².